The predicted molar refractivity (Wildman–Crippen MR) is 63.5 cm³/mol. The first-order valence-electron chi connectivity index (χ1n) is 5.42. The number of nitrogens with zero attached hydrogens (tertiary/aromatic N) is 2. The maximum atomic E-state index is 9.83. The lowest BCUT2D eigenvalue weighted by Gasteiger charge is -2.35. The quantitative estimate of drug-likeness (QED) is 0.675. The molecule has 0 radical (unpaired) electrons. The molecule has 2 aliphatic heterocycles. The molecule has 6 heteroatoms. The fourth-order valence-corrected chi connectivity index (χ4v) is 3.11. The van der Waals surface area contributed by atoms with Crippen LogP contribution < -0.4 is 0 Å². The third-order valence-electron chi connectivity index (χ3n) is 2.82. The number of rotatable bonds is 1. The van der Waals surface area contributed by atoms with Gasteiger partial charge in [0.2, 0.25) is 0 Å². The van der Waals surface area contributed by atoms with Crippen molar-refractivity contribution >= 4 is 16.9 Å². The van der Waals surface area contributed by atoms with Crippen molar-refractivity contribution in [1.82, 2.24) is 4.90 Å². The van der Waals surface area contributed by atoms with Crippen LogP contribution in [0.1, 0.15) is 13.3 Å². The Labute approximate surface area is 99.5 Å². The van der Waals surface area contributed by atoms with Gasteiger partial charge in [-0.1, -0.05) is 11.8 Å². The molecule has 0 aromatic carbocycles. The number of aliphatic hydroxyl groups excluding tert-OH is 2. The SMILES string of the molecule is C[C@H](O)C1O[C@@H]2SC(N(C)C)=N[C@@H]2C[C@@H]1O. The zero-order valence-electron chi connectivity index (χ0n) is 9.70. The minimum Gasteiger partial charge on any atom is -0.391 e. The van der Waals surface area contributed by atoms with Crippen molar-refractivity contribution in [3.63, 3.8) is 0 Å². The molecule has 0 saturated carbocycles. The van der Waals surface area contributed by atoms with Crippen LogP contribution in [0, 0.1) is 0 Å². The summed E-state index contributed by atoms with van der Waals surface area (Å²) >= 11 is 1.56. The van der Waals surface area contributed by atoms with Gasteiger partial charge in [0.25, 0.3) is 0 Å². The van der Waals surface area contributed by atoms with Crippen LogP contribution in [0.2, 0.25) is 0 Å². The van der Waals surface area contributed by atoms with E-state index >= 15 is 0 Å². The Kier molecular flexibility index (Phi) is 3.44. The summed E-state index contributed by atoms with van der Waals surface area (Å²) in [4.78, 5) is 6.43. The first-order valence-corrected chi connectivity index (χ1v) is 6.30. The van der Waals surface area contributed by atoms with E-state index in [9.17, 15) is 10.2 Å². The molecule has 0 amide bonds. The standard InChI is InChI=1S/C10H18N2O3S/c1-5(13)8-7(14)4-6-9(15-8)16-10(11-6)12(2)3/h5-9,13-14H,4H2,1-3H3/t5-,6+,7-,8?,9+/m0/s1. The van der Waals surface area contributed by atoms with Crippen LogP contribution >= 0.6 is 11.8 Å². The van der Waals surface area contributed by atoms with Crippen molar-refractivity contribution in [3.8, 4) is 0 Å². The van der Waals surface area contributed by atoms with Gasteiger partial charge in [0.05, 0.1) is 18.2 Å². The molecule has 5 nitrogen and oxygen atoms in total. The fourth-order valence-electron chi connectivity index (χ4n) is 1.98. The molecule has 2 rings (SSSR count). The van der Waals surface area contributed by atoms with Crippen molar-refractivity contribution in [3.05, 3.63) is 0 Å². The molecule has 92 valence electrons. The first kappa shape index (κ1) is 12.2. The number of hydrogen-bond acceptors (Lipinski definition) is 6. The summed E-state index contributed by atoms with van der Waals surface area (Å²) in [5.41, 5.74) is -0.0691. The van der Waals surface area contributed by atoms with Crippen LogP contribution in [0.5, 0.6) is 0 Å². The summed E-state index contributed by atoms with van der Waals surface area (Å²) in [7, 11) is 3.87. The van der Waals surface area contributed by atoms with Gasteiger partial charge in [-0.05, 0) is 6.92 Å². The maximum Gasteiger partial charge on any atom is 0.161 e. The lowest BCUT2D eigenvalue weighted by atomic mass is 9.99. The molecule has 0 aromatic heterocycles. The highest BCUT2D eigenvalue weighted by Gasteiger charge is 2.43. The van der Waals surface area contributed by atoms with Crippen LogP contribution in [-0.4, -0.2) is 64.2 Å². The summed E-state index contributed by atoms with van der Waals surface area (Å²) in [6, 6.07) is 0.00685. The largest absolute Gasteiger partial charge is 0.391 e. The van der Waals surface area contributed by atoms with Crippen molar-refractivity contribution in [2.45, 2.75) is 43.1 Å². The molecule has 2 aliphatic rings. The van der Waals surface area contributed by atoms with Crippen molar-refractivity contribution in [2.24, 2.45) is 4.99 Å². The van der Waals surface area contributed by atoms with Gasteiger partial charge in [0, 0.05) is 20.5 Å². The topological polar surface area (TPSA) is 65.3 Å². The van der Waals surface area contributed by atoms with Crippen LogP contribution in [0.15, 0.2) is 4.99 Å². The molecule has 1 saturated heterocycles. The summed E-state index contributed by atoms with van der Waals surface area (Å²) < 4.78 is 5.69. The van der Waals surface area contributed by atoms with E-state index in [4.69, 9.17) is 4.74 Å². The highest BCUT2D eigenvalue weighted by Crippen LogP contribution is 2.37. The lowest BCUT2D eigenvalue weighted by molar-refractivity contribution is -0.136. The fraction of sp³-hybridized carbons (Fsp3) is 0.900. The Bertz CT molecular complexity index is 296. The van der Waals surface area contributed by atoms with Crippen LogP contribution in [0.4, 0.5) is 0 Å². The molecule has 0 aromatic rings. The molecule has 5 atom stereocenters. The Balaban J connectivity index is 2.05. The van der Waals surface area contributed by atoms with Crippen LogP contribution in [-0.2, 0) is 4.74 Å². The highest BCUT2D eigenvalue weighted by atomic mass is 32.2. The lowest BCUT2D eigenvalue weighted by Crippen LogP contribution is -2.48. The van der Waals surface area contributed by atoms with Gasteiger partial charge >= 0.3 is 0 Å². The average molecular weight is 246 g/mol. The second-order valence-corrected chi connectivity index (χ2v) is 5.57. The number of hydrogen-bond donors (Lipinski definition) is 2. The van der Waals surface area contributed by atoms with Gasteiger partial charge in [-0.2, -0.15) is 0 Å². The van der Waals surface area contributed by atoms with E-state index in [1.54, 1.807) is 18.7 Å². The zero-order valence-corrected chi connectivity index (χ0v) is 10.5. The second kappa shape index (κ2) is 4.52. The van der Waals surface area contributed by atoms with Gasteiger partial charge in [-0.3, -0.25) is 4.99 Å². The number of amidine groups is 1. The van der Waals surface area contributed by atoms with E-state index < -0.39 is 18.3 Å². The molecule has 2 N–H and O–H groups in total. The van der Waals surface area contributed by atoms with Crippen molar-refractivity contribution < 1.29 is 14.9 Å². The minimum atomic E-state index is -0.653. The van der Waals surface area contributed by atoms with Crippen molar-refractivity contribution in [2.75, 3.05) is 14.1 Å². The third kappa shape index (κ3) is 2.20. The molecule has 1 unspecified atom stereocenters. The molecule has 0 bridgehead atoms. The van der Waals surface area contributed by atoms with Crippen LogP contribution in [0.25, 0.3) is 0 Å². The Morgan fingerprint density at radius 2 is 2.25 bits per heavy atom. The Morgan fingerprint density at radius 3 is 2.81 bits per heavy atom. The summed E-state index contributed by atoms with van der Waals surface area (Å²) in [6.45, 7) is 1.64. The second-order valence-electron chi connectivity index (χ2n) is 4.50. The monoisotopic (exact) mass is 246 g/mol. The van der Waals surface area contributed by atoms with E-state index in [1.807, 2.05) is 19.0 Å². The van der Waals surface area contributed by atoms with E-state index in [0.29, 0.717) is 6.42 Å². The van der Waals surface area contributed by atoms with Crippen LogP contribution in [0.3, 0.4) is 0 Å². The number of aliphatic imine (C=N–C) groups is 1. The molecule has 0 aliphatic carbocycles. The molecular weight excluding hydrogens is 228 g/mol. The number of fused-ring (bicyclic) bond motifs is 1. The van der Waals surface area contributed by atoms with Gasteiger partial charge in [0.15, 0.2) is 5.17 Å². The molecular formula is C10H18N2O3S. The first-order chi connectivity index (χ1) is 7.49. The van der Waals surface area contributed by atoms with Crippen molar-refractivity contribution in [1.29, 1.82) is 0 Å². The Hall–Kier alpha value is -0.300. The number of thioether (sulfide) groups is 1. The third-order valence-corrected chi connectivity index (χ3v) is 4.16. The summed E-state index contributed by atoms with van der Waals surface area (Å²) in [5, 5.41) is 20.3. The van der Waals surface area contributed by atoms with Gasteiger partial charge in [-0.25, -0.2) is 0 Å². The molecule has 2 heterocycles. The highest BCUT2D eigenvalue weighted by molar-refractivity contribution is 8.14. The summed E-state index contributed by atoms with van der Waals surface area (Å²) in [6.07, 6.45) is -1.22. The van der Waals surface area contributed by atoms with E-state index in [0.717, 1.165) is 5.17 Å². The minimum absolute atomic E-state index is 0.00685. The average Bonchev–Trinajstić information content (AvgIpc) is 2.58. The molecule has 16 heavy (non-hydrogen) atoms. The summed E-state index contributed by atoms with van der Waals surface area (Å²) in [5.74, 6) is 0. The van der Waals surface area contributed by atoms with Gasteiger partial charge < -0.3 is 19.8 Å². The predicted octanol–water partition coefficient (Wildman–Crippen LogP) is -0.124. The van der Waals surface area contributed by atoms with Gasteiger partial charge in [0.1, 0.15) is 11.5 Å². The normalized spacial score (nSPS) is 40.2. The van der Waals surface area contributed by atoms with E-state index in [2.05, 4.69) is 4.99 Å². The number of ether oxygens (including phenoxy) is 1. The smallest absolute Gasteiger partial charge is 0.161 e. The molecule has 0 spiro atoms. The maximum absolute atomic E-state index is 9.83. The Morgan fingerprint density at radius 1 is 1.56 bits per heavy atom. The zero-order chi connectivity index (χ0) is 11.9. The number of aliphatic hydroxyl groups is 2. The van der Waals surface area contributed by atoms with E-state index in [1.165, 1.54) is 0 Å². The molecule has 1 fully saturated rings. The van der Waals surface area contributed by atoms with E-state index in [-0.39, 0.29) is 11.5 Å². The van der Waals surface area contributed by atoms with Gasteiger partial charge in [-0.15, -0.1) is 0 Å².